The number of ketones is 1. The number of thiophene rings is 1. The molecule has 1 fully saturated rings. The Kier molecular flexibility index (Phi) is 6.06. The molecule has 0 radical (unpaired) electrons. The normalized spacial score (nSPS) is 20.8. The van der Waals surface area contributed by atoms with Crippen molar-refractivity contribution in [2.45, 2.75) is 25.2 Å². The van der Waals surface area contributed by atoms with Crippen LogP contribution in [0.4, 0.5) is 4.39 Å². The van der Waals surface area contributed by atoms with Crippen LogP contribution in [-0.4, -0.2) is 61.6 Å². The molecule has 1 saturated heterocycles. The third-order valence-corrected chi connectivity index (χ3v) is 7.34. The number of Topliss-reactive ketones (excluding diaryl/α,β-unsaturated/α-hetero) is 1. The number of aliphatic hydroxyl groups is 1. The zero-order chi connectivity index (χ0) is 24.9. The van der Waals surface area contributed by atoms with E-state index in [1.54, 1.807) is 23.2 Å². The summed E-state index contributed by atoms with van der Waals surface area (Å²) in [5, 5.41) is 26.7. The van der Waals surface area contributed by atoms with Gasteiger partial charge in [0.1, 0.15) is 17.5 Å². The van der Waals surface area contributed by atoms with Crippen molar-refractivity contribution >= 4 is 50.7 Å². The van der Waals surface area contributed by atoms with Gasteiger partial charge in [-0.15, -0.1) is 11.3 Å². The van der Waals surface area contributed by atoms with Crippen molar-refractivity contribution in [1.82, 2.24) is 14.9 Å². The van der Waals surface area contributed by atoms with Crippen molar-refractivity contribution in [2.24, 2.45) is 0 Å². The van der Waals surface area contributed by atoms with Crippen molar-refractivity contribution in [1.29, 1.82) is 0 Å². The molecule has 2 unspecified atom stereocenters. The molecule has 3 aromatic rings. The van der Waals surface area contributed by atoms with E-state index >= 15 is 0 Å². The molecule has 0 bridgehead atoms. The number of carbonyl (C=O) groups excluding carboxylic acids is 2. The smallest absolute Gasteiger partial charge is 0.340 e. The van der Waals surface area contributed by atoms with Gasteiger partial charge in [-0.2, -0.15) is 5.01 Å². The Balaban J connectivity index is 1.54. The number of carboxylic acid groups (broad SMARTS) is 1. The number of amides is 1. The monoisotopic (exact) mass is 515 g/mol. The van der Waals surface area contributed by atoms with Gasteiger partial charge in [-0.1, -0.05) is 23.7 Å². The molecule has 5 rings (SSSR count). The average Bonchev–Trinajstić information content (AvgIpc) is 3.21. The summed E-state index contributed by atoms with van der Waals surface area (Å²) in [5.74, 6) is -3.45. The fourth-order valence-electron chi connectivity index (χ4n) is 4.36. The number of aliphatic carboxylic acids is 1. The average molecular weight is 516 g/mol. The highest BCUT2D eigenvalue weighted by atomic mass is 35.5. The van der Waals surface area contributed by atoms with E-state index in [2.05, 4.69) is 0 Å². The van der Waals surface area contributed by atoms with Crippen LogP contribution in [-0.2, 0) is 27.5 Å². The van der Waals surface area contributed by atoms with E-state index in [0.717, 1.165) is 21.8 Å². The summed E-state index contributed by atoms with van der Waals surface area (Å²) < 4.78 is 14.4. The van der Waals surface area contributed by atoms with Gasteiger partial charge < -0.3 is 15.1 Å². The molecule has 8 nitrogen and oxygen atoms in total. The Morgan fingerprint density at radius 1 is 1.14 bits per heavy atom. The van der Waals surface area contributed by atoms with Crippen LogP contribution in [0.25, 0.3) is 10.1 Å². The van der Waals surface area contributed by atoms with Crippen LogP contribution in [0.2, 0.25) is 5.02 Å². The third kappa shape index (κ3) is 4.30. The zero-order valence-electron chi connectivity index (χ0n) is 18.1. The molecule has 3 heterocycles. The van der Waals surface area contributed by atoms with Crippen molar-refractivity contribution < 1.29 is 29.0 Å². The summed E-state index contributed by atoms with van der Waals surface area (Å²) in [6.07, 6.45) is -0.748. The number of hydrazine groups is 1. The highest BCUT2D eigenvalue weighted by molar-refractivity contribution is 7.17. The van der Waals surface area contributed by atoms with Gasteiger partial charge in [0.2, 0.25) is 5.78 Å². The van der Waals surface area contributed by atoms with Gasteiger partial charge in [-0.25, -0.2) is 9.18 Å². The molecule has 1 aromatic heterocycles. The van der Waals surface area contributed by atoms with Crippen LogP contribution in [0.1, 0.15) is 11.1 Å². The van der Waals surface area contributed by atoms with Crippen molar-refractivity contribution in [3.8, 4) is 0 Å². The lowest BCUT2D eigenvalue weighted by Crippen LogP contribution is -2.68. The summed E-state index contributed by atoms with van der Waals surface area (Å²) in [6, 6.07) is 9.88. The van der Waals surface area contributed by atoms with E-state index < -0.39 is 41.2 Å². The number of fused-ring (bicyclic) bond motifs is 2. The molecule has 0 saturated carbocycles. The Hall–Kier alpha value is -3.31. The van der Waals surface area contributed by atoms with E-state index in [4.69, 9.17) is 11.6 Å². The Morgan fingerprint density at radius 3 is 2.60 bits per heavy atom. The predicted molar refractivity (Wildman–Crippen MR) is 127 cm³/mol. The van der Waals surface area contributed by atoms with Crippen LogP contribution in [0.15, 0.2) is 59.6 Å². The van der Waals surface area contributed by atoms with Crippen LogP contribution < -0.4 is 0 Å². The number of carboxylic acids is 1. The summed E-state index contributed by atoms with van der Waals surface area (Å²) in [7, 11) is 0. The van der Waals surface area contributed by atoms with E-state index in [9.17, 15) is 29.0 Å². The van der Waals surface area contributed by atoms with E-state index in [-0.39, 0.29) is 19.8 Å². The maximum Gasteiger partial charge on any atom is 0.340 e. The molecule has 35 heavy (non-hydrogen) atoms. The van der Waals surface area contributed by atoms with E-state index in [0.29, 0.717) is 10.6 Å². The summed E-state index contributed by atoms with van der Waals surface area (Å²) in [5.41, 5.74) is 0.954. The van der Waals surface area contributed by atoms with Gasteiger partial charge >= 0.3 is 5.97 Å². The standard InChI is InChI=1S/C24H19ClFN3O5S/c25-15-3-6-19-17(7-15)14(11-35-19)9-28-12-27(8-13-1-4-16(26)5-2-13)23(32)20-22(31)21(30)18(24(33)34)10-29(20)28/h1-7,10-11,20,22,31H,8-9,12H2,(H,33,34). The number of hydrogen-bond acceptors (Lipinski definition) is 7. The van der Waals surface area contributed by atoms with Crippen molar-refractivity contribution in [3.05, 3.63) is 81.6 Å². The van der Waals surface area contributed by atoms with Gasteiger partial charge in [-0.3, -0.25) is 14.6 Å². The lowest BCUT2D eigenvalue weighted by atomic mass is 9.94. The molecule has 0 aliphatic carbocycles. The minimum Gasteiger partial charge on any atom is -0.478 e. The zero-order valence-corrected chi connectivity index (χ0v) is 19.7. The topological polar surface area (TPSA) is 101 Å². The van der Waals surface area contributed by atoms with Crippen LogP contribution >= 0.6 is 22.9 Å². The second-order valence-electron chi connectivity index (χ2n) is 8.35. The lowest BCUT2D eigenvalue weighted by Gasteiger charge is -2.50. The SMILES string of the molecule is O=C(O)C1=CN2C(C(=O)N(Cc3ccc(F)cc3)CN2Cc2csc3ccc(Cl)cc23)C(O)C1=O. The number of halogens is 2. The first kappa shape index (κ1) is 23.4. The Morgan fingerprint density at radius 2 is 1.89 bits per heavy atom. The minimum atomic E-state index is -1.86. The van der Waals surface area contributed by atoms with Crippen molar-refractivity contribution in [2.75, 3.05) is 6.67 Å². The number of benzene rings is 2. The fourth-order valence-corrected chi connectivity index (χ4v) is 5.47. The van der Waals surface area contributed by atoms with E-state index in [1.807, 2.05) is 17.5 Å². The molecule has 2 atom stereocenters. The maximum atomic E-state index is 13.4. The maximum absolute atomic E-state index is 13.4. The van der Waals surface area contributed by atoms with Crippen LogP contribution in [0.3, 0.4) is 0 Å². The number of hydrogen-bond donors (Lipinski definition) is 2. The first-order chi connectivity index (χ1) is 16.7. The highest BCUT2D eigenvalue weighted by Gasteiger charge is 2.49. The fraction of sp³-hybridized carbons (Fsp3) is 0.208. The molecular weight excluding hydrogens is 497 g/mol. The Bertz CT molecular complexity index is 1380. The first-order valence-electron chi connectivity index (χ1n) is 10.6. The highest BCUT2D eigenvalue weighted by Crippen LogP contribution is 2.33. The molecule has 2 N–H and O–H groups in total. The molecule has 180 valence electrons. The molecule has 1 amide bonds. The molecule has 2 aromatic carbocycles. The van der Waals surface area contributed by atoms with E-state index in [1.165, 1.54) is 33.4 Å². The second-order valence-corrected chi connectivity index (χ2v) is 9.70. The van der Waals surface area contributed by atoms with Gasteiger partial charge in [0.05, 0.1) is 6.67 Å². The molecule has 11 heteroatoms. The number of nitrogens with zero attached hydrogens (tertiary/aromatic N) is 3. The molecule has 2 aliphatic heterocycles. The van der Waals surface area contributed by atoms with Crippen LogP contribution in [0.5, 0.6) is 0 Å². The quantitative estimate of drug-likeness (QED) is 0.504. The number of carbonyl (C=O) groups is 3. The van der Waals surface area contributed by atoms with Gasteiger partial charge in [-0.05, 0) is 52.2 Å². The minimum absolute atomic E-state index is 0.0505. The molecule has 2 aliphatic rings. The van der Waals surface area contributed by atoms with Gasteiger partial charge in [0.15, 0.2) is 6.04 Å². The van der Waals surface area contributed by atoms with Gasteiger partial charge in [0, 0.05) is 29.0 Å². The van der Waals surface area contributed by atoms with Crippen molar-refractivity contribution in [3.63, 3.8) is 0 Å². The Labute approximate surface area is 208 Å². The lowest BCUT2D eigenvalue weighted by molar-refractivity contribution is -0.183. The second kappa shape index (κ2) is 9.04. The van der Waals surface area contributed by atoms with Gasteiger partial charge in [0.25, 0.3) is 5.91 Å². The molecule has 0 spiro atoms. The summed E-state index contributed by atoms with van der Waals surface area (Å²) in [6.45, 7) is 0.426. The molecular formula is C24H19ClFN3O5S. The summed E-state index contributed by atoms with van der Waals surface area (Å²) in [4.78, 5) is 39.0. The summed E-state index contributed by atoms with van der Waals surface area (Å²) >= 11 is 7.71. The third-order valence-electron chi connectivity index (χ3n) is 6.09. The largest absolute Gasteiger partial charge is 0.478 e. The van der Waals surface area contributed by atoms with Crippen LogP contribution in [0, 0.1) is 5.82 Å². The predicted octanol–water partition coefficient (Wildman–Crippen LogP) is 2.99. The first-order valence-corrected chi connectivity index (χ1v) is 11.9. The number of rotatable bonds is 5. The number of aliphatic hydroxyl groups excluding tert-OH is 1.